The van der Waals surface area contributed by atoms with Crippen LogP contribution in [0, 0.1) is 17.0 Å². The number of esters is 1. The molecule has 156 valence electrons. The van der Waals surface area contributed by atoms with E-state index in [4.69, 9.17) is 13.9 Å². The molecule has 2 aromatic carbocycles. The molecule has 1 heterocycles. The molecule has 1 aromatic heterocycles. The minimum atomic E-state index is -0.757. The summed E-state index contributed by atoms with van der Waals surface area (Å²) < 4.78 is 15.5. The number of hydrogen-bond donors (Lipinski definition) is 1. The fourth-order valence-electron chi connectivity index (χ4n) is 2.93. The number of nitro groups is 1. The van der Waals surface area contributed by atoms with E-state index in [1.54, 1.807) is 12.1 Å². The zero-order chi connectivity index (χ0) is 21.7. The van der Waals surface area contributed by atoms with Gasteiger partial charge in [-0.15, -0.1) is 0 Å². The van der Waals surface area contributed by atoms with Crippen molar-refractivity contribution >= 4 is 28.3 Å². The Morgan fingerprint density at radius 1 is 1.20 bits per heavy atom. The Balaban J connectivity index is 1.87. The fraction of sp³-hybridized carbons (Fsp3) is 0.238. The third-order valence-corrected chi connectivity index (χ3v) is 4.40. The Bertz CT molecular complexity index is 1150. The maximum Gasteiger partial charge on any atom is 0.340 e. The molecule has 0 saturated carbocycles. The number of rotatable bonds is 8. The third kappa shape index (κ3) is 4.81. The molecular formula is C21H20N2O7. The van der Waals surface area contributed by atoms with Gasteiger partial charge in [0.2, 0.25) is 0 Å². The first kappa shape index (κ1) is 21.0. The quantitative estimate of drug-likeness (QED) is 0.196. The van der Waals surface area contributed by atoms with Gasteiger partial charge in [0.1, 0.15) is 12.2 Å². The minimum Gasteiger partial charge on any atom is -0.457 e. The van der Waals surface area contributed by atoms with Crippen molar-refractivity contribution in [2.45, 2.75) is 13.5 Å². The van der Waals surface area contributed by atoms with Crippen LogP contribution >= 0.6 is 0 Å². The molecule has 30 heavy (non-hydrogen) atoms. The van der Waals surface area contributed by atoms with Crippen LogP contribution in [0.25, 0.3) is 11.0 Å². The second-order valence-corrected chi connectivity index (χ2v) is 6.57. The van der Waals surface area contributed by atoms with E-state index in [0.29, 0.717) is 35.4 Å². The Labute approximate surface area is 171 Å². The van der Waals surface area contributed by atoms with E-state index in [1.165, 1.54) is 25.3 Å². The third-order valence-electron chi connectivity index (χ3n) is 4.40. The number of aryl methyl sites for hydroxylation is 1. The van der Waals surface area contributed by atoms with Gasteiger partial charge in [-0.3, -0.25) is 10.1 Å². The van der Waals surface area contributed by atoms with Crippen LogP contribution in [0.15, 0.2) is 51.7 Å². The molecule has 0 aliphatic heterocycles. The lowest BCUT2D eigenvalue weighted by Crippen LogP contribution is -2.14. The Morgan fingerprint density at radius 3 is 2.73 bits per heavy atom. The molecule has 0 atom stereocenters. The van der Waals surface area contributed by atoms with Crippen molar-refractivity contribution in [3.05, 3.63) is 79.7 Å². The molecule has 3 aromatic rings. The van der Waals surface area contributed by atoms with Crippen LogP contribution in [0.4, 0.5) is 11.4 Å². The Hall–Kier alpha value is -3.72. The van der Waals surface area contributed by atoms with Gasteiger partial charge in [0.05, 0.1) is 17.1 Å². The largest absolute Gasteiger partial charge is 0.457 e. The predicted molar refractivity (Wildman–Crippen MR) is 110 cm³/mol. The van der Waals surface area contributed by atoms with Crippen molar-refractivity contribution in [1.82, 2.24) is 0 Å². The number of carbonyl (C=O) groups excluding carboxylic acids is 1. The van der Waals surface area contributed by atoms with Gasteiger partial charge >= 0.3 is 11.6 Å². The van der Waals surface area contributed by atoms with Crippen LogP contribution in [-0.2, 0) is 16.1 Å². The topological polar surface area (TPSA) is 121 Å². The SMILES string of the molecule is COCCNc1ccc([N+](=O)[O-])cc1C(=O)OCc1cc(=O)oc2cc(C)ccc12. The van der Waals surface area contributed by atoms with Gasteiger partial charge in [-0.2, -0.15) is 0 Å². The number of carbonyl (C=O) groups is 1. The number of nitrogens with one attached hydrogen (secondary N) is 1. The molecule has 3 rings (SSSR count). The van der Waals surface area contributed by atoms with E-state index in [0.717, 1.165) is 11.6 Å². The van der Waals surface area contributed by atoms with Crippen LogP contribution in [0.2, 0.25) is 0 Å². The molecular weight excluding hydrogens is 392 g/mol. The van der Waals surface area contributed by atoms with E-state index >= 15 is 0 Å². The smallest absolute Gasteiger partial charge is 0.340 e. The molecule has 0 spiro atoms. The summed E-state index contributed by atoms with van der Waals surface area (Å²) in [4.78, 5) is 35.1. The lowest BCUT2D eigenvalue weighted by molar-refractivity contribution is -0.384. The molecule has 9 heteroatoms. The van der Waals surface area contributed by atoms with E-state index in [9.17, 15) is 19.7 Å². The molecule has 0 aliphatic carbocycles. The monoisotopic (exact) mass is 412 g/mol. The van der Waals surface area contributed by atoms with Crippen LogP contribution in [0.1, 0.15) is 21.5 Å². The summed E-state index contributed by atoms with van der Waals surface area (Å²) in [5.41, 5.74) is 1.40. The number of methoxy groups -OCH3 is 1. The summed E-state index contributed by atoms with van der Waals surface area (Å²) in [6.07, 6.45) is 0. The molecule has 1 N–H and O–H groups in total. The van der Waals surface area contributed by atoms with Gasteiger partial charge in [-0.25, -0.2) is 9.59 Å². The van der Waals surface area contributed by atoms with Crippen LogP contribution in [0.5, 0.6) is 0 Å². The zero-order valence-electron chi connectivity index (χ0n) is 16.5. The van der Waals surface area contributed by atoms with E-state index in [2.05, 4.69) is 5.32 Å². The zero-order valence-corrected chi connectivity index (χ0v) is 16.5. The number of nitro benzene ring substituents is 1. The molecule has 9 nitrogen and oxygen atoms in total. The maximum atomic E-state index is 12.7. The summed E-state index contributed by atoms with van der Waals surface area (Å²) in [6, 6.07) is 10.5. The van der Waals surface area contributed by atoms with Crippen molar-refractivity contribution < 1.29 is 23.6 Å². The van der Waals surface area contributed by atoms with E-state index in [1.807, 2.05) is 13.0 Å². The number of ether oxygens (including phenoxy) is 2. The molecule has 0 amide bonds. The van der Waals surface area contributed by atoms with Gasteiger partial charge in [-0.1, -0.05) is 12.1 Å². The minimum absolute atomic E-state index is 0.0171. The average molecular weight is 412 g/mol. The number of nitrogens with zero attached hydrogens (tertiary/aromatic N) is 1. The molecule has 0 bridgehead atoms. The number of anilines is 1. The van der Waals surface area contributed by atoms with Crippen molar-refractivity contribution in [1.29, 1.82) is 0 Å². The number of non-ortho nitro benzene ring substituents is 1. The van der Waals surface area contributed by atoms with Gasteiger partial charge in [0.25, 0.3) is 5.69 Å². The first-order chi connectivity index (χ1) is 14.4. The molecule has 0 unspecified atom stereocenters. The van der Waals surface area contributed by atoms with Crippen LogP contribution in [-0.4, -0.2) is 31.2 Å². The second kappa shape index (κ2) is 9.19. The summed E-state index contributed by atoms with van der Waals surface area (Å²) in [5, 5.41) is 14.7. The molecule has 0 saturated heterocycles. The second-order valence-electron chi connectivity index (χ2n) is 6.57. The highest BCUT2D eigenvalue weighted by molar-refractivity contribution is 5.96. The number of benzene rings is 2. The summed E-state index contributed by atoms with van der Waals surface area (Å²) >= 11 is 0. The highest BCUT2D eigenvalue weighted by atomic mass is 16.6. The van der Waals surface area contributed by atoms with Gasteiger partial charge in [-0.05, 0) is 24.6 Å². The number of hydrogen-bond acceptors (Lipinski definition) is 8. The summed E-state index contributed by atoms with van der Waals surface area (Å²) in [5.74, 6) is -0.757. The van der Waals surface area contributed by atoms with Crippen molar-refractivity contribution in [2.75, 3.05) is 25.6 Å². The van der Waals surface area contributed by atoms with Crippen molar-refractivity contribution in [3.63, 3.8) is 0 Å². The van der Waals surface area contributed by atoms with E-state index < -0.39 is 16.5 Å². The highest BCUT2D eigenvalue weighted by Gasteiger charge is 2.19. The van der Waals surface area contributed by atoms with Crippen molar-refractivity contribution in [2.24, 2.45) is 0 Å². The lowest BCUT2D eigenvalue weighted by Gasteiger charge is -2.12. The first-order valence-corrected chi connectivity index (χ1v) is 9.11. The standard InChI is InChI=1S/C21H20N2O7/c1-13-3-5-16-14(10-20(24)30-19(16)9-13)12-29-21(25)17-11-15(23(26)27)4-6-18(17)22-7-8-28-2/h3-6,9-11,22H,7-8,12H2,1-2H3. The van der Waals surface area contributed by atoms with Crippen molar-refractivity contribution in [3.8, 4) is 0 Å². The Kier molecular flexibility index (Phi) is 6.43. The number of fused-ring (bicyclic) bond motifs is 1. The maximum absolute atomic E-state index is 12.7. The molecule has 0 aliphatic rings. The lowest BCUT2D eigenvalue weighted by atomic mass is 10.1. The van der Waals surface area contributed by atoms with E-state index in [-0.39, 0.29) is 17.9 Å². The van der Waals surface area contributed by atoms with Gasteiger partial charge < -0.3 is 19.2 Å². The Morgan fingerprint density at radius 2 is 2.00 bits per heavy atom. The predicted octanol–water partition coefficient (Wildman–Crippen LogP) is 3.42. The normalized spacial score (nSPS) is 10.7. The fourth-order valence-corrected chi connectivity index (χ4v) is 2.93. The van der Waals surface area contributed by atoms with Crippen LogP contribution < -0.4 is 10.9 Å². The van der Waals surface area contributed by atoms with Gasteiger partial charge in [0, 0.05) is 48.5 Å². The van der Waals surface area contributed by atoms with Crippen LogP contribution in [0.3, 0.4) is 0 Å². The first-order valence-electron chi connectivity index (χ1n) is 9.11. The summed E-state index contributed by atoms with van der Waals surface area (Å²) in [6.45, 7) is 2.46. The average Bonchev–Trinajstić information content (AvgIpc) is 2.71. The molecule has 0 fully saturated rings. The summed E-state index contributed by atoms with van der Waals surface area (Å²) in [7, 11) is 1.54. The highest BCUT2D eigenvalue weighted by Crippen LogP contribution is 2.24. The van der Waals surface area contributed by atoms with Gasteiger partial charge in [0.15, 0.2) is 0 Å². The molecule has 0 radical (unpaired) electrons.